The maximum atomic E-state index is 4.32. The summed E-state index contributed by atoms with van der Waals surface area (Å²) in [4.78, 5) is 0. The molecule has 1 aromatic carbocycles. The second-order valence-electron chi connectivity index (χ2n) is 5.18. The molecular weight excluding hydrogens is 342 g/mol. The summed E-state index contributed by atoms with van der Waals surface area (Å²) in [5.41, 5.74) is 5.76. The van der Waals surface area contributed by atoms with Gasteiger partial charge >= 0.3 is 0 Å². The molecule has 6 heteroatoms. The van der Waals surface area contributed by atoms with Crippen LogP contribution in [0.5, 0.6) is 0 Å². The minimum Gasteiger partial charge on any atom is -0.318 e. The number of aryl methyl sites for hydroxylation is 2. The third-order valence-electron chi connectivity index (χ3n) is 3.61. The Morgan fingerprint density at radius 2 is 1.82 bits per heavy atom. The molecule has 0 N–H and O–H groups in total. The molecule has 0 fully saturated rings. The highest BCUT2D eigenvalue weighted by Gasteiger charge is 2.10. The first kappa shape index (κ1) is 14.7. The number of halogens is 1. The van der Waals surface area contributed by atoms with E-state index in [9.17, 15) is 0 Å². The molecule has 2 heterocycles. The topological polar surface area (TPSA) is 48.0 Å². The van der Waals surface area contributed by atoms with E-state index in [2.05, 4.69) is 80.8 Å². The van der Waals surface area contributed by atoms with Crippen molar-refractivity contribution in [2.75, 3.05) is 0 Å². The van der Waals surface area contributed by atoms with Crippen LogP contribution < -0.4 is 0 Å². The summed E-state index contributed by atoms with van der Waals surface area (Å²) in [6, 6.07) is 8.48. The predicted molar refractivity (Wildman–Crippen MR) is 90.7 cm³/mol. The summed E-state index contributed by atoms with van der Waals surface area (Å²) < 4.78 is 4.93. The van der Waals surface area contributed by atoms with E-state index in [-0.39, 0.29) is 0 Å². The van der Waals surface area contributed by atoms with Gasteiger partial charge < -0.3 is 4.57 Å². The first-order chi connectivity index (χ1) is 10.6. The first-order valence-corrected chi connectivity index (χ1v) is 7.70. The smallest absolute Gasteiger partial charge is 0.141 e. The van der Waals surface area contributed by atoms with E-state index in [4.69, 9.17) is 0 Å². The zero-order chi connectivity index (χ0) is 15.7. The van der Waals surface area contributed by atoms with Crippen LogP contribution in [-0.2, 0) is 0 Å². The maximum absolute atomic E-state index is 4.32. The van der Waals surface area contributed by atoms with Crippen LogP contribution in [-0.4, -0.2) is 25.7 Å². The van der Waals surface area contributed by atoms with E-state index in [1.807, 2.05) is 6.21 Å². The summed E-state index contributed by atoms with van der Waals surface area (Å²) in [5.74, 6) is 0. The lowest BCUT2D eigenvalue weighted by Crippen LogP contribution is -2.00. The number of aromatic nitrogens is 4. The van der Waals surface area contributed by atoms with E-state index < -0.39 is 0 Å². The Balaban J connectivity index is 2.01. The van der Waals surface area contributed by atoms with Gasteiger partial charge in [-0.1, -0.05) is 15.9 Å². The van der Waals surface area contributed by atoms with Gasteiger partial charge in [-0.25, -0.2) is 4.68 Å². The van der Waals surface area contributed by atoms with Gasteiger partial charge in [0.05, 0.1) is 6.21 Å². The Morgan fingerprint density at radius 1 is 1.09 bits per heavy atom. The van der Waals surface area contributed by atoms with Crippen LogP contribution in [0.4, 0.5) is 0 Å². The van der Waals surface area contributed by atoms with Gasteiger partial charge in [-0.3, -0.25) is 0 Å². The highest BCUT2D eigenvalue weighted by Crippen LogP contribution is 2.24. The minimum atomic E-state index is 1.08. The molecule has 5 nitrogen and oxygen atoms in total. The third-order valence-corrected chi connectivity index (χ3v) is 4.50. The molecule has 2 aromatic heterocycles. The average Bonchev–Trinajstić information content (AvgIpc) is 3.09. The molecule has 0 aliphatic heterocycles. The van der Waals surface area contributed by atoms with Crippen molar-refractivity contribution in [2.45, 2.75) is 20.8 Å². The fourth-order valence-corrected chi connectivity index (χ4v) is 2.71. The molecule has 3 aromatic rings. The molecule has 112 valence electrons. The normalized spacial score (nSPS) is 11.5. The SMILES string of the molecule is Cc1cc(-n2c(C)cc(/C=N/n3cnnc3)c2C)ccc1Br. The van der Waals surface area contributed by atoms with Gasteiger partial charge in [0.25, 0.3) is 0 Å². The van der Waals surface area contributed by atoms with Crippen molar-refractivity contribution in [3.05, 3.63) is 63.9 Å². The van der Waals surface area contributed by atoms with Crippen molar-refractivity contribution in [3.63, 3.8) is 0 Å². The number of nitrogens with zero attached hydrogens (tertiary/aromatic N) is 5. The van der Waals surface area contributed by atoms with Crippen molar-refractivity contribution >= 4 is 22.1 Å². The summed E-state index contributed by atoms with van der Waals surface area (Å²) >= 11 is 3.55. The second kappa shape index (κ2) is 5.88. The van der Waals surface area contributed by atoms with Gasteiger partial charge in [0, 0.05) is 27.1 Å². The summed E-state index contributed by atoms with van der Waals surface area (Å²) in [6.45, 7) is 6.29. The Bertz CT molecular complexity index is 831. The van der Waals surface area contributed by atoms with E-state index in [0.29, 0.717) is 0 Å². The molecule has 0 spiro atoms. The fourth-order valence-electron chi connectivity index (χ4n) is 2.47. The Hall–Kier alpha value is -2.21. The van der Waals surface area contributed by atoms with E-state index in [0.717, 1.165) is 21.4 Å². The van der Waals surface area contributed by atoms with Crippen LogP contribution in [0.2, 0.25) is 0 Å². The highest BCUT2D eigenvalue weighted by molar-refractivity contribution is 9.10. The number of hydrogen-bond donors (Lipinski definition) is 0. The average molecular weight is 358 g/mol. The molecular formula is C16H16BrN5. The van der Waals surface area contributed by atoms with Crippen molar-refractivity contribution in [1.29, 1.82) is 0 Å². The Labute approximate surface area is 137 Å². The number of benzene rings is 1. The maximum Gasteiger partial charge on any atom is 0.141 e. The third kappa shape index (κ3) is 2.74. The van der Waals surface area contributed by atoms with Crippen molar-refractivity contribution < 1.29 is 0 Å². The molecule has 3 rings (SSSR count). The van der Waals surface area contributed by atoms with Gasteiger partial charge in [0.1, 0.15) is 12.7 Å². The van der Waals surface area contributed by atoms with Gasteiger partial charge in [0.2, 0.25) is 0 Å². The van der Waals surface area contributed by atoms with E-state index >= 15 is 0 Å². The van der Waals surface area contributed by atoms with Gasteiger partial charge in [-0.15, -0.1) is 10.2 Å². The molecule has 0 amide bonds. The molecule has 0 unspecified atom stereocenters. The van der Waals surface area contributed by atoms with Crippen LogP contribution in [0.1, 0.15) is 22.5 Å². The highest BCUT2D eigenvalue weighted by atomic mass is 79.9. The standard InChI is InChI=1S/C16H16BrN5/c1-11-6-15(4-5-16(11)17)22-12(2)7-14(13(22)3)8-20-21-9-18-19-10-21/h4-10H,1-3H3/b20-8+. The van der Waals surface area contributed by atoms with E-state index in [1.54, 1.807) is 17.3 Å². The first-order valence-electron chi connectivity index (χ1n) is 6.90. The van der Waals surface area contributed by atoms with Crippen LogP contribution in [0, 0.1) is 20.8 Å². The van der Waals surface area contributed by atoms with Crippen LogP contribution >= 0.6 is 15.9 Å². The lowest BCUT2D eigenvalue weighted by molar-refractivity contribution is 0.877. The molecule has 0 bridgehead atoms. The molecule has 0 atom stereocenters. The summed E-state index contributed by atoms with van der Waals surface area (Å²) in [7, 11) is 0. The Kier molecular flexibility index (Phi) is 3.94. The van der Waals surface area contributed by atoms with E-state index in [1.165, 1.54) is 11.3 Å². The van der Waals surface area contributed by atoms with Gasteiger partial charge in [-0.05, 0) is 50.6 Å². The largest absolute Gasteiger partial charge is 0.318 e. The predicted octanol–water partition coefficient (Wildman–Crippen LogP) is 3.64. The lowest BCUT2D eigenvalue weighted by atomic mass is 10.2. The molecule has 0 aliphatic carbocycles. The monoisotopic (exact) mass is 357 g/mol. The van der Waals surface area contributed by atoms with Crippen molar-refractivity contribution in [2.24, 2.45) is 5.10 Å². The quantitative estimate of drug-likeness (QED) is 0.671. The second-order valence-corrected chi connectivity index (χ2v) is 6.04. The molecule has 22 heavy (non-hydrogen) atoms. The summed E-state index contributed by atoms with van der Waals surface area (Å²) in [5, 5.41) is 11.8. The fraction of sp³-hybridized carbons (Fsp3) is 0.188. The number of hydrogen-bond acceptors (Lipinski definition) is 3. The molecule has 0 saturated carbocycles. The zero-order valence-corrected chi connectivity index (χ0v) is 14.2. The molecule has 0 aliphatic rings. The van der Waals surface area contributed by atoms with Crippen LogP contribution in [0.25, 0.3) is 5.69 Å². The summed E-state index contributed by atoms with van der Waals surface area (Å²) in [6.07, 6.45) is 4.95. The minimum absolute atomic E-state index is 1.08. The van der Waals surface area contributed by atoms with Crippen molar-refractivity contribution in [3.8, 4) is 5.69 Å². The lowest BCUT2D eigenvalue weighted by Gasteiger charge is -2.11. The van der Waals surface area contributed by atoms with Gasteiger partial charge in [-0.2, -0.15) is 5.10 Å². The Morgan fingerprint density at radius 3 is 2.50 bits per heavy atom. The van der Waals surface area contributed by atoms with Gasteiger partial charge in [0.15, 0.2) is 0 Å². The molecule has 0 saturated heterocycles. The van der Waals surface area contributed by atoms with Crippen LogP contribution in [0.15, 0.2) is 46.5 Å². The van der Waals surface area contributed by atoms with Crippen molar-refractivity contribution in [1.82, 2.24) is 19.4 Å². The van der Waals surface area contributed by atoms with Crippen LogP contribution in [0.3, 0.4) is 0 Å². The molecule has 0 radical (unpaired) electrons. The zero-order valence-electron chi connectivity index (χ0n) is 12.7. The number of rotatable bonds is 3.